The van der Waals surface area contributed by atoms with Gasteiger partial charge in [-0.15, -0.1) is 0 Å². The summed E-state index contributed by atoms with van der Waals surface area (Å²) < 4.78 is 39.6. The second-order valence-electron chi connectivity index (χ2n) is 6.97. The lowest BCUT2D eigenvalue weighted by Gasteiger charge is -2.23. The van der Waals surface area contributed by atoms with E-state index in [-0.39, 0.29) is 24.0 Å². The highest BCUT2D eigenvalue weighted by Crippen LogP contribution is 2.22. The minimum absolute atomic E-state index is 0.0402. The Morgan fingerprint density at radius 2 is 1.64 bits per heavy atom. The van der Waals surface area contributed by atoms with Crippen LogP contribution in [0.3, 0.4) is 0 Å². The molecule has 2 rings (SSSR count). The number of hydrogen-bond donors (Lipinski definition) is 1. The molecule has 2 aromatic carbocycles. The molecule has 0 spiro atoms. The minimum atomic E-state index is -3.88. The zero-order valence-electron chi connectivity index (χ0n) is 16.9. The Bertz CT molecular complexity index is 956. The smallest absolute Gasteiger partial charge is 0.243 e. The van der Waals surface area contributed by atoms with Crippen molar-refractivity contribution < 1.29 is 17.6 Å². The van der Waals surface area contributed by atoms with E-state index >= 15 is 0 Å². The van der Waals surface area contributed by atoms with Gasteiger partial charge in [0.1, 0.15) is 5.82 Å². The lowest BCUT2D eigenvalue weighted by Crippen LogP contribution is -2.41. The van der Waals surface area contributed by atoms with Crippen molar-refractivity contribution in [3.63, 3.8) is 0 Å². The molecule has 1 atom stereocenters. The number of amides is 1. The minimum Gasteiger partial charge on any atom is -0.348 e. The lowest BCUT2D eigenvalue weighted by atomic mass is 9.96. The van der Waals surface area contributed by atoms with Crippen LogP contribution in [0.2, 0.25) is 0 Å². The van der Waals surface area contributed by atoms with Gasteiger partial charge >= 0.3 is 0 Å². The summed E-state index contributed by atoms with van der Waals surface area (Å²) in [6, 6.07) is 8.45. The van der Waals surface area contributed by atoms with Gasteiger partial charge in [0.2, 0.25) is 15.9 Å². The molecule has 28 heavy (non-hydrogen) atoms. The number of halogens is 1. The highest BCUT2D eigenvalue weighted by atomic mass is 32.2. The maximum Gasteiger partial charge on any atom is 0.243 e. The van der Waals surface area contributed by atoms with Crippen molar-refractivity contribution in [2.24, 2.45) is 0 Å². The van der Waals surface area contributed by atoms with E-state index in [9.17, 15) is 17.6 Å². The summed E-state index contributed by atoms with van der Waals surface area (Å²) in [6.45, 7) is 9.40. The van der Waals surface area contributed by atoms with Gasteiger partial charge < -0.3 is 5.32 Å². The molecular formula is C21H27FN2O3S. The predicted octanol–water partition coefficient (Wildman–Crippen LogP) is 3.64. The van der Waals surface area contributed by atoms with Gasteiger partial charge in [0.15, 0.2) is 0 Å². The zero-order valence-corrected chi connectivity index (χ0v) is 17.7. The molecule has 0 heterocycles. The average Bonchev–Trinajstić information content (AvgIpc) is 2.62. The summed E-state index contributed by atoms with van der Waals surface area (Å²) >= 11 is 0. The number of nitrogens with zero attached hydrogens (tertiary/aromatic N) is 1. The first-order valence-electron chi connectivity index (χ1n) is 9.19. The highest BCUT2D eigenvalue weighted by Gasteiger charge is 2.26. The van der Waals surface area contributed by atoms with Gasteiger partial charge in [-0.3, -0.25) is 4.79 Å². The summed E-state index contributed by atoms with van der Waals surface area (Å²) in [5.74, 6) is -0.907. The SMILES string of the molecule is CCN(CC(=O)N[C@H](C)c1cc(C)c(C)cc1C)S(=O)(=O)c1ccc(F)cc1. The van der Waals surface area contributed by atoms with Gasteiger partial charge in [-0.05, 0) is 74.2 Å². The number of nitrogens with one attached hydrogen (secondary N) is 1. The normalized spacial score (nSPS) is 12.8. The number of rotatable bonds is 7. The molecule has 152 valence electrons. The zero-order chi connectivity index (χ0) is 21.1. The van der Waals surface area contributed by atoms with E-state index in [1.165, 1.54) is 17.7 Å². The first-order valence-corrected chi connectivity index (χ1v) is 10.6. The Kier molecular flexibility index (Phi) is 6.96. The molecule has 0 aliphatic carbocycles. The number of aryl methyl sites for hydroxylation is 3. The Morgan fingerprint density at radius 3 is 2.21 bits per heavy atom. The van der Waals surface area contributed by atoms with Crippen molar-refractivity contribution in [3.05, 3.63) is 64.5 Å². The third kappa shape index (κ3) is 4.97. The molecule has 0 aliphatic heterocycles. The largest absolute Gasteiger partial charge is 0.348 e. The van der Waals surface area contributed by atoms with Crippen LogP contribution in [0, 0.1) is 26.6 Å². The first-order chi connectivity index (χ1) is 13.1. The average molecular weight is 407 g/mol. The van der Waals surface area contributed by atoms with Crippen molar-refractivity contribution in [3.8, 4) is 0 Å². The van der Waals surface area contributed by atoms with Crippen LogP contribution in [0.15, 0.2) is 41.3 Å². The van der Waals surface area contributed by atoms with E-state index in [1.807, 2.05) is 33.8 Å². The molecule has 5 nitrogen and oxygen atoms in total. The van der Waals surface area contributed by atoms with Gasteiger partial charge in [0, 0.05) is 6.54 Å². The molecule has 0 aliphatic rings. The van der Waals surface area contributed by atoms with Gasteiger partial charge in [-0.1, -0.05) is 19.1 Å². The van der Waals surface area contributed by atoms with E-state index in [1.54, 1.807) is 6.92 Å². The van der Waals surface area contributed by atoms with Gasteiger partial charge in [0.25, 0.3) is 0 Å². The summed E-state index contributed by atoms with van der Waals surface area (Å²) in [6.07, 6.45) is 0. The molecule has 1 amide bonds. The molecule has 0 saturated carbocycles. The van der Waals surface area contributed by atoms with Crippen molar-refractivity contribution in [1.82, 2.24) is 9.62 Å². The van der Waals surface area contributed by atoms with Gasteiger partial charge in [-0.2, -0.15) is 4.31 Å². The number of carbonyl (C=O) groups excluding carboxylic acids is 1. The molecule has 2 aromatic rings. The third-order valence-electron chi connectivity index (χ3n) is 4.85. The Morgan fingerprint density at radius 1 is 1.07 bits per heavy atom. The second-order valence-corrected chi connectivity index (χ2v) is 8.91. The number of benzene rings is 2. The van der Waals surface area contributed by atoms with Crippen LogP contribution >= 0.6 is 0 Å². The lowest BCUT2D eigenvalue weighted by molar-refractivity contribution is -0.121. The fourth-order valence-corrected chi connectivity index (χ4v) is 4.50. The van der Waals surface area contributed by atoms with Crippen LogP contribution in [-0.2, 0) is 14.8 Å². The number of likely N-dealkylation sites (N-methyl/N-ethyl adjacent to an activating group) is 1. The van der Waals surface area contributed by atoms with Crippen LogP contribution in [-0.4, -0.2) is 31.7 Å². The van der Waals surface area contributed by atoms with Gasteiger partial charge in [-0.25, -0.2) is 12.8 Å². The van der Waals surface area contributed by atoms with E-state index in [4.69, 9.17) is 0 Å². The Balaban J connectivity index is 2.14. The molecule has 0 fully saturated rings. The van der Waals surface area contributed by atoms with Crippen molar-refractivity contribution in [2.75, 3.05) is 13.1 Å². The van der Waals surface area contributed by atoms with Crippen molar-refractivity contribution >= 4 is 15.9 Å². The van der Waals surface area contributed by atoms with E-state index in [0.717, 1.165) is 33.1 Å². The molecule has 0 saturated heterocycles. The molecule has 1 N–H and O–H groups in total. The molecule has 0 bridgehead atoms. The van der Waals surface area contributed by atoms with Crippen LogP contribution in [0.1, 0.15) is 42.1 Å². The Hall–Kier alpha value is -2.25. The van der Waals surface area contributed by atoms with Crippen molar-refractivity contribution in [1.29, 1.82) is 0 Å². The fraction of sp³-hybridized carbons (Fsp3) is 0.381. The number of sulfonamides is 1. The summed E-state index contributed by atoms with van der Waals surface area (Å²) in [4.78, 5) is 12.5. The van der Waals surface area contributed by atoms with Gasteiger partial charge in [0.05, 0.1) is 17.5 Å². The fourth-order valence-electron chi connectivity index (χ4n) is 3.10. The molecular weight excluding hydrogens is 379 g/mol. The summed E-state index contributed by atoms with van der Waals surface area (Å²) in [5, 5.41) is 2.88. The molecule has 7 heteroatoms. The van der Waals surface area contributed by atoms with Crippen LogP contribution in [0.25, 0.3) is 0 Å². The monoisotopic (exact) mass is 406 g/mol. The quantitative estimate of drug-likeness (QED) is 0.763. The first kappa shape index (κ1) is 22.0. The second kappa shape index (κ2) is 8.84. The highest BCUT2D eigenvalue weighted by molar-refractivity contribution is 7.89. The predicted molar refractivity (Wildman–Crippen MR) is 108 cm³/mol. The van der Waals surface area contributed by atoms with E-state index in [0.29, 0.717) is 0 Å². The molecule has 0 aromatic heterocycles. The number of hydrogen-bond acceptors (Lipinski definition) is 3. The molecule has 0 radical (unpaired) electrons. The van der Waals surface area contributed by atoms with Crippen LogP contribution < -0.4 is 5.32 Å². The van der Waals surface area contributed by atoms with E-state index in [2.05, 4.69) is 11.4 Å². The number of carbonyl (C=O) groups is 1. The maximum atomic E-state index is 13.1. The van der Waals surface area contributed by atoms with E-state index < -0.39 is 21.7 Å². The van der Waals surface area contributed by atoms with Crippen LogP contribution in [0.4, 0.5) is 4.39 Å². The molecule has 0 unspecified atom stereocenters. The third-order valence-corrected chi connectivity index (χ3v) is 6.79. The standard InChI is InChI=1S/C21H27FN2O3S/c1-6-24(28(26,27)19-9-7-18(22)8-10-19)13-21(25)23-17(5)20-12-15(3)14(2)11-16(20)4/h7-12,17H,6,13H2,1-5H3,(H,23,25)/t17-/m1/s1. The topological polar surface area (TPSA) is 66.5 Å². The van der Waals surface area contributed by atoms with Crippen LogP contribution in [0.5, 0.6) is 0 Å². The Labute approximate surface area is 166 Å². The summed E-state index contributed by atoms with van der Waals surface area (Å²) in [7, 11) is -3.88. The summed E-state index contributed by atoms with van der Waals surface area (Å²) in [5.41, 5.74) is 4.39. The maximum absolute atomic E-state index is 13.1. The van der Waals surface area contributed by atoms with Crippen molar-refractivity contribution in [2.45, 2.75) is 45.6 Å².